The van der Waals surface area contributed by atoms with Crippen LogP contribution in [0.5, 0.6) is 0 Å². The van der Waals surface area contributed by atoms with Gasteiger partial charge in [0.15, 0.2) is 0 Å². The van der Waals surface area contributed by atoms with Gasteiger partial charge in [-0.1, -0.05) is 23.2 Å². The molecule has 1 saturated heterocycles. The van der Waals surface area contributed by atoms with Crippen molar-refractivity contribution in [3.8, 4) is 0 Å². The quantitative estimate of drug-likeness (QED) is 0.862. The molecule has 0 bridgehead atoms. The van der Waals surface area contributed by atoms with Gasteiger partial charge in [-0.3, -0.25) is 4.79 Å². The molecule has 1 aromatic heterocycles. The van der Waals surface area contributed by atoms with E-state index in [-0.39, 0.29) is 29.5 Å². The Balaban J connectivity index is 1.96. The molecule has 2 rings (SSSR count). The summed E-state index contributed by atoms with van der Waals surface area (Å²) >= 11 is 11.8. The largest absolute Gasteiger partial charge is 0.394 e. The highest BCUT2D eigenvalue weighted by Crippen LogP contribution is 2.21. The molecule has 0 aliphatic carbocycles. The van der Waals surface area contributed by atoms with E-state index in [0.29, 0.717) is 24.7 Å². The lowest BCUT2D eigenvalue weighted by molar-refractivity contribution is -0.00564. The molecule has 0 unspecified atom stereocenters. The average molecular weight is 319 g/mol. The number of rotatable bonds is 4. The van der Waals surface area contributed by atoms with Crippen LogP contribution in [-0.2, 0) is 4.74 Å². The Hall–Kier alpha value is -0.880. The van der Waals surface area contributed by atoms with Gasteiger partial charge in [-0.15, -0.1) is 0 Å². The van der Waals surface area contributed by atoms with Crippen LogP contribution in [0.3, 0.4) is 0 Å². The molecule has 0 radical (unpaired) electrons. The molecular weight excluding hydrogens is 303 g/mol. The second-order valence-corrected chi connectivity index (χ2v) is 5.34. The number of carbonyl (C=O) groups excluding carboxylic acids is 1. The first-order chi connectivity index (χ1) is 9.61. The number of pyridine rings is 1. The number of aromatic nitrogens is 1. The van der Waals surface area contributed by atoms with E-state index in [4.69, 9.17) is 33.0 Å². The SMILES string of the molecule is O=C(c1nc(Cl)ccc1Cl)N1CCC(OCCO)CC1. The second-order valence-electron chi connectivity index (χ2n) is 4.55. The summed E-state index contributed by atoms with van der Waals surface area (Å²) in [5.41, 5.74) is 0.189. The third kappa shape index (κ3) is 3.82. The molecule has 0 aromatic carbocycles. The summed E-state index contributed by atoms with van der Waals surface area (Å²) in [7, 11) is 0. The smallest absolute Gasteiger partial charge is 0.274 e. The number of hydrogen-bond acceptors (Lipinski definition) is 4. The fraction of sp³-hybridized carbons (Fsp3) is 0.538. The molecule has 7 heteroatoms. The molecule has 110 valence electrons. The lowest BCUT2D eigenvalue weighted by Gasteiger charge is -2.31. The number of piperidine rings is 1. The van der Waals surface area contributed by atoms with Crippen molar-refractivity contribution in [3.05, 3.63) is 28.0 Å². The summed E-state index contributed by atoms with van der Waals surface area (Å²) in [6.07, 6.45) is 1.57. The summed E-state index contributed by atoms with van der Waals surface area (Å²) in [5.74, 6) is -0.210. The summed E-state index contributed by atoms with van der Waals surface area (Å²) in [4.78, 5) is 18.0. The van der Waals surface area contributed by atoms with E-state index in [1.165, 1.54) is 0 Å². The number of hydrogen-bond donors (Lipinski definition) is 1. The summed E-state index contributed by atoms with van der Waals surface area (Å²) in [6, 6.07) is 3.12. The van der Waals surface area contributed by atoms with Gasteiger partial charge >= 0.3 is 0 Å². The predicted octanol–water partition coefficient (Wildman–Crippen LogP) is 2.00. The number of ether oxygens (including phenoxy) is 1. The maximum absolute atomic E-state index is 12.3. The van der Waals surface area contributed by atoms with Crippen molar-refractivity contribution in [1.29, 1.82) is 0 Å². The van der Waals surface area contributed by atoms with Gasteiger partial charge in [0.05, 0.1) is 24.3 Å². The lowest BCUT2D eigenvalue weighted by atomic mass is 10.1. The van der Waals surface area contributed by atoms with Gasteiger partial charge in [0, 0.05) is 13.1 Å². The molecular formula is C13H16Cl2N2O3. The molecule has 1 aliphatic heterocycles. The second kappa shape index (κ2) is 7.22. The standard InChI is InChI=1S/C13H16Cl2N2O3/c14-10-1-2-11(15)16-12(10)13(19)17-5-3-9(4-6-17)20-8-7-18/h1-2,9,18H,3-8H2. The molecule has 1 fully saturated rings. The van der Waals surface area contributed by atoms with E-state index in [0.717, 1.165) is 12.8 Å². The van der Waals surface area contributed by atoms with Crippen molar-refractivity contribution in [3.63, 3.8) is 0 Å². The number of carbonyl (C=O) groups is 1. The molecule has 20 heavy (non-hydrogen) atoms. The number of likely N-dealkylation sites (tertiary alicyclic amines) is 1. The fourth-order valence-electron chi connectivity index (χ4n) is 2.16. The molecule has 0 spiro atoms. The van der Waals surface area contributed by atoms with Crippen molar-refractivity contribution < 1.29 is 14.6 Å². The third-order valence-electron chi connectivity index (χ3n) is 3.19. The van der Waals surface area contributed by atoms with E-state index in [1.807, 2.05) is 0 Å². The molecule has 0 atom stereocenters. The van der Waals surface area contributed by atoms with E-state index in [2.05, 4.69) is 4.98 Å². The minimum atomic E-state index is -0.210. The maximum atomic E-state index is 12.3. The zero-order chi connectivity index (χ0) is 14.5. The number of halogens is 2. The lowest BCUT2D eigenvalue weighted by Crippen LogP contribution is -2.41. The highest BCUT2D eigenvalue weighted by atomic mass is 35.5. The zero-order valence-corrected chi connectivity index (χ0v) is 12.4. The Kier molecular flexibility index (Phi) is 5.60. The van der Waals surface area contributed by atoms with Gasteiger partial charge in [0.2, 0.25) is 0 Å². The van der Waals surface area contributed by atoms with Crippen molar-refractivity contribution in [1.82, 2.24) is 9.88 Å². The number of aliphatic hydroxyl groups is 1. The van der Waals surface area contributed by atoms with Crippen molar-refractivity contribution in [2.45, 2.75) is 18.9 Å². The summed E-state index contributed by atoms with van der Waals surface area (Å²) < 4.78 is 5.46. The molecule has 2 heterocycles. The highest BCUT2D eigenvalue weighted by molar-refractivity contribution is 6.34. The van der Waals surface area contributed by atoms with Gasteiger partial charge in [0.1, 0.15) is 10.8 Å². The van der Waals surface area contributed by atoms with Gasteiger partial charge in [-0.25, -0.2) is 4.98 Å². The molecule has 0 saturated carbocycles. The summed E-state index contributed by atoms with van der Waals surface area (Å²) in [5, 5.41) is 9.27. The van der Waals surface area contributed by atoms with Gasteiger partial charge in [0.25, 0.3) is 5.91 Å². The van der Waals surface area contributed by atoms with Gasteiger partial charge < -0.3 is 14.7 Å². The average Bonchev–Trinajstić information content (AvgIpc) is 2.47. The Morgan fingerprint density at radius 2 is 2.10 bits per heavy atom. The van der Waals surface area contributed by atoms with E-state index in [1.54, 1.807) is 17.0 Å². The first-order valence-corrected chi connectivity index (χ1v) is 7.21. The monoisotopic (exact) mass is 318 g/mol. The topological polar surface area (TPSA) is 62.7 Å². The molecule has 1 aromatic rings. The molecule has 1 N–H and O–H groups in total. The molecule has 5 nitrogen and oxygen atoms in total. The summed E-state index contributed by atoms with van der Waals surface area (Å²) in [6.45, 7) is 1.51. The van der Waals surface area contributed by atoms with Crippen LogP contribution in [0.15, 0.2) is 12.1 Å². The van der Waals surface area contributed by atoms with Crippen LogP contribution in [0, 0.1) is 0 Å². The first-order valence-electron chi connectivity index (χ1n) is 6.45. The Labute approximate surface area is 127 Å². The number of amides is 1. The van der Waals surface area contributed by atoms with Crippen LogP contribution in [-0.4, -0.2) is 53.3 Å². The van der Waals surface area contributed by atoms with Crippen LogP contribution in [0.1, 0.15) is 23.3 Å². The van der Waals surface area contributed by atoms with E-state index < -0.39 is 0 Å². The van der Waals surface area contributed by atoms with Crippen LogP contribution < -0.4 is 0 Å². The van der Waals surface area contributed by atoms with E-state index in [9.17, 15) is 4.79 Å². The number of aliphatic hydroxyl groups excluding tert-OH is 1. The predicted molar refractivity (Wildman–Crippen MR) is 76.2 cm³/mol. The Bertz CT molecular complexity index is 477. The highest BCUT2D eigenvalue weighted by Gasteiger charge is 2.26. The van der Waals surface area contributed by atoms with Crippen LogP contribution in [0.25, 0.3) is 0 Å². The van der Waals surface area contributed by atoms with Gasteiger partial charge in [-0.2, -0.15) is 0 Å². The first kappa shape index (κ1) is 15.5. The minimum absolute atomic E-state index is 0.0151. The fourth-order valence-corrected chi connectivity index (χ4v) is 2.50. The third-order valence-corrected chi connectivity index (χ3v) is 3.70. The van der Waals surface area contributed by atoms with Crippen molar-refractivity contribution >= 4 is 29.1 Å². The normalized spacial score (nSPS) is 16.4. The molecule has 1 aliphatic rings. The number of nitrogens with zero attached hydrogens (tertiary/aromatic N) is 2. The Morgan fingerprint density at radius 3 is 2.75 bits per heavy atom. The van der Waals surface area contributed by atoms with Crippen LogP contribution in [0.2, 0.25) is 10.2 Å². The Morgan fingerprint density at radius 1 is 1.40 bits per heavy atom. The van der Waals surface area contributed by atoms with Gasteiger partial charge in [-0.05, 0) is 25.0 Å². The maximum Gasteiger partial charge on any atom is 0.274 e. The van der Waals surface area contributed by atoms with Crippen molar-refractivity contribution in [2.24, 2.45) is 0 Å². The van der Waals surface area contributed by atoms with Crippen LogP contribution >= 0.6 is 23.2 Å². The molecule has 1 amide bonds. The van der Waals surface area contributed by atoms with Crippen molar-refractivity contribution in [2.75, 3.05) is 26.3 Å². The minimum Gasteiger partial charge on any atom is -0.394 e. The zero-order valence-electron chi connectivity index (χ0n) is 10.9. The van der Waals surface area contributed by atoms with E-state index >= 15 is 0 Å². The van der Waals surface area contributed by atoms with Crippen LogP contribution in [0.4, 0.5) is 0 Å².